The van der Waals surface area contributed by atoms with Crippen LogP contribution < -0.4 is 11.5 Å². The third kappa shape index (κ3) is 4.45. The van der Waals surface area contributed by atoms with Crippen LogP contribution >= 0.6 is 11.6 Å². The summed E-state index contributed by atoms with van der Waals surface area (Å²) in [6.07, 6.45) is 1.59. The molecule has 0 aliphatic heterocycles. The Balaban J connectivity index is 2.10. The van der Waals surface area contributed by atoms with E-state index in [9.17, 15) is 4.79 Å². The summed E-state index contributed by atoms with van der Waals surface area (Å²) in [7, 11) is 3.33. The van der Waals surface area contributed by atoms with Crippen LogP contribution in [0.15, 0.2) is 36.5 Å². The van der Waals surface area contributed by atoms with Gasteiger partial charge in [-0.1, -0.05) is 29.5 Å². The molecule has 2 heterocycles. The number of nitrogens with zero attached hydrogens (tertiary/aromatic N) is 4. The summed E-state index contributed by atoms with van der Waals surface area (Å²) < 4.78 is 0. The van der Waals surface area contributed by atoms with Crippen molar-refractivity contribution in [3.05, 3.63) is 63.9 Å². The Bertz CT molecular complexity index is 1150. The standard InChI is InChI=1S/C21H19ClN6O/c1-12-15(7-4-13-5-9-18(23)25-11-13)19(27-21(24)26-12)14-6-8-16(17(22)10-14)20(29)28(2)3/h5-6,8-11H,1-3H3,(H2,23,25)(H2,24,26,27). The molecule has 0 atom stereocenters. The predicted octanol–water partition coefficient (Wildman–Crippen LogP) is 2.77. The lowest BCUT2D eigenvalue weighted by Gasteiger charge is -2.13. The fourth-order valence-corrected chi connectivity index (χ4v) is 2.91. The summed E-state index contributed by atoms with van der Waals surface area (Å²) in [6.45, 7) is 1.80. The van der Waals surface area contributed by atoms with Crippen LogP contribution in [0, 0.1) is 18.8 Å². The summed E-state index contributed by atoms with van der Waals surface area (Å²) in [5.41, 5.74) is 15.0. The van der Waals surface area contributed by atoms with Crippen molar-refractivity contribution < 1.29 is 4.79 Å². The lowest BCUT2D eigenvalue weighted by Crippen LogP contribution is -2.21. The van der Waals surface area contributed by atoms with Crippen LogP contribution in [0.2, 0.25) is 5.02 Å². The van der Waals surface area contributed by atoms with E-state index in [1.807, 2.05) is 0 Å². The lowest BCUT2D eigenvalue weighted by molar-refractivity contribution is 0.0828. The minimum absolute atomic E-state index is 0.127. The van der Waals surface area contributed by atoms with Gasteiger partial charge in [-0.2, -0.15) is 0 Å². The summed E-state index contributed by atoms with van der Waals surface area (Å²) in [6, 6.07) is 8.56. The largest absolute Gasteiger partial charge is 0.384 e. The molecule has 29 heavy (non-hydrogen) atoms. The zero-order valence-electron chi connectivity index (χ0n) is 16.2. The van der Waals surface area contributed by atoms with Gasteiger partial charge in [0, 0.05) is 31.4 Å². The molecule has 0 unspecified atom stereocenters. The number of rotatable bonds is 2. The number of halogens is 1. The van der Waals surface area contributed by atoms with Crippen LogP contribution in [0.4, 0.5) is 11.8 Å². The van der Waals surface area contributed by atoms with Crippen molar-refractivity contribution in [2.45, 2.75) is 6.92 Å². The summed E-state index contributed by atoms with van der Waals surface area (Å²) in [5.74, 6) is 6.49. The molecule has 8 heteroatoms. The van der Waals surface area contributed by atoms with E-state index in [0.29, 0.717) is 44.5 Å². The summed E-state index contributed by atoms with van der Waals surface area (Å²) >= 11 is 6.36. The monoisotopic (exact) mass is 406 g/mol. The van der Waals surface area contributed by atoms with Crippen LogP contribution in [0.5, 0.6) is 0 Å². The van der Waals surface area contributed by atoms with Gasteiger partial charge in [-0.05, 0) is 31.2 Å². The van der Waals surface area contributed by atoms with Gasteiger partial charge in [-0.3, -0.25) is 4.79 Å². The number of pyridine rings is 1. The molecule has 146 valence electrons. The second kappa shape index (κ2) is 8.17. The lowest BCUT2D eigenvalue weighted by atomic mass is 10.0. The fourth-order valence-electron chi connectivity index (χ4n) is 2.64. The van der Waals surface area contributed by atoms with Gasteiger partial charge >= 0.3 is 0 Å². The van der Waals surface area contributed by atoms with Gasteiger partial charge in [0.2, 0.25) is 5.95 Å². The second-order valence-electron chi connectivity index (χ2n) is 6.51. The number of aromatic nitrogens is 3. The minimum Gasteiger partial charge on any atom is -0.384 e. The molecule has 0 bridgehead atoms. The number of carbonyl (C=O) groups excluding carboxylic acids is 1. The van der Waals surface area contributed by atoms with E-state index in [4.69, 9.17) is 23.1 Å². The quantitative estimate of drug-likeness (QED) is 0.633. The average molecular weight is 407 g/mol. The molecule has 3 rings (SSSR count). The van der Waals surface area contributed by atoms with Gasteiger partial charge in [0.1, 0.15) is 5.82 Å². The Hall–Kier alpha value is -3.63. The third-order valence-electron chi connectivity index (χ3n) is 4.10. The first-order valence-electron chi connectivity index (χ1n) is 8.65. The molecular weight excluding hydrogens is 388 g/mol. The Morgan fingerprint density at radius 3 is 2.48 bits per heavy atom. The molecule has 2 aromatic heterocycles. The molecule has 0 radical (unpaired) electrons. The summed E-state index contributed by atoms with van der Waals surface area (Å²) in [4.78, 5) is 26.3. The predicted molar refractivity (Wildman–Crippen MR) is 114 cm³/mol. The highest BCUT2D eigenvalue weighted by atomic mass is 35.5. The summed E-state index contributed by atoms with van der Waals surface area (Å²) in [5, 5.41) is 0.317. The van der Waals surface area contributed by atoms with Crippen molar-refractivity contribution in [1.29, 1.82) is 0 Å². The number of hydrogen-bond donors (Lipinski definition) is 2. The first kappa shape index (κ1) is 20.1. The first-order chi connectivity index (χ1) is 13.8. The number of amides is 1. The highest BCUT2D eigenvalue weighted by molar-refractivity contribution is 6.34. The van der Waals surface area contributed by atoms with Gasteiger partial charge in [0.05, 0.1) is 27.5 Å². The van der Waals surface area contributed by atoms with Crippen molar-refractivity contribution in [2.75, 3.05) is 25.6 Å². The van der Waals surface area contributed by atoms with Gasteiger partial charge in [-0.15, -0.1) is 0 Å². The van der Waals surface area contributed by atoms with Crippen molar-refractivity contribution in [2.24, 2.45) is 0 Å². The number of hydrogen-bond acceptors (Lipinski definition) is 6. The van der Waals surface area contributed by atoms with E-state index < -0.39 is 0 Å². The zero-order chi connectivity index (χ0) is 21.1. The number of nitrogens with two attached hydrogens (primary N) is 2. The molecule has 0 fully saturated rings. The maximum absolute atomic E-state index is 12.2. The minimum atomic E-state index is -0.184. The SMILES string of the molecule is Cc1nc(N)nc(-c2ccc(C(=O)N(C)C)c(Cl)c2)c1C#Cc1ccc(N)nc1. The Kier molecular flexibility index (Phi) is 5.66. The van der Waals surface area contributed by atoms with E-state index in [1.165, 1.54) is 4.90 Å². The molecule has 7 nitrogen and oxygen atoms in total. The molecular formula is C21H19ClN6O. The molecule has 0 saturated heterocycles. The van der Waals surface area contributed by atoms with E-state index in [1.54, 1.807) is 57.5 Å². The van der Waals surface area contributed by atoms with Crippen LogP contribution in [-0.2, 0) is 0 Å². The van der Waals surface area contributed by atoms with Gasteiger partial charge < -0.3 is 16.4 Å². The maximum atomic E-state index is 12.2. The van der Waals surface area contributed by atoms with Crippen LogP contribution in [-0.4, -0.2) is 39.9 Å². The van der Waals surface area contributed by atoms with Crippen molar-refractivity contribution in [3.8, 4) is 23.1 Å². The smallest absolute Gasteiger partial charge is 0.254 e. The van der Waals surface area contributed by atoms with E-state index in [2.05, 4.69) is 26.8 Å². The topological polar surface area (TPSA) is 111 Å². The molecule has 1 aromatic carbocycles. The molecule has 0 aliphatic rings. The Morgan fingerprint density at radius 1 is 1.10 bits per heavy atom. The zero-order valence-corrected chi connectivity index (χ0v) is 16.9. The molecule has 3 aromatic rings. The third-order valence-corrected chi connectivity index (χ3v) is 4.42. The number of nitrogen functional groups attached to an aromatic ring is 2. The maximum Gasteiger partial charge on any atom is 0.254 e. The molecule has 0 saturated carbocycles. The molecule has 1 amide bonds. The number of carbonyl (C=O) groups is 1. The van der Waals surface area contributed by atoms with Crippen molar-refractivity contribution in [3.63, 3.8) is 0 Å². The Morgan fingerprint density at radius 2 is 1.86 bits per heavy atom. The number of aryl methyl sites for hydroxylation is 1. The van der Waals surface area contributed by atoms with Gasteiger partial charge in [-0.25, -0.2) is 15.0 Å². The van der Waals surface area contributed by atoms with Crippen LogP contribution in [0.25, 0.3) is 11.3 Å². The normalized spacial score (nSPS) is 10.2. The van der Waals surface area contributed by atoms with E-state index in [0.717, 1.165) is 0 Å². The van der Waals surface area contributed by atoms with Gasteiger partial charge in [0.15, 0.2) is 0 Å². The van der Waals surface area contributed by atoms with Crippen molar-refractivity contribution in [1.82, 2.24) is 19.9 Å². The fraction of sp³-hybridized carbons (Fsp3) is 0.143. The molecule has 0 aliphatic carbocycles. The second-order valence-corrected chi connectivity index (χ2v) is 6.91. The van der Waals surface area contributed by atoms with E-state index >= 15 is 0 Å². The Labute approximate surface area is 173 Å². The number of benzene rings is 1. The highest BCUT2D eigenvalue weighted by Crippen LogP contribution is 2.28. The van der Waals surface area contributed by atoms with Gasteiger partial charge in [0.25, 0.3) is 5.91 Å². The first-order valence-corrected chi connectivity index (χ1v) is 9.03. The van der Waals surface area contributed by atoms with Crippen molar-refractivity contribution >= 4 is 29.3 Å². The molecule has 4 N–H and O–H groups in total. The van der Waals surface area contributed by atoms with E-state index in [-0.39, 0.29) is 11.9 Å². The molecule has 0 spiro atoms. The highest BCUT2D eigenvalue weighted by Gasteiger charge is 2.16. The average Bonchev–Trinajstić information content (AvgIpc) is 2.67. The number of anilines is 2. The van der Waals surface area contributed by atoms with Crippen LogP contribution in [0.1, 0.15) is 27.2 Å². The van der Waals surface area contributed by atoms with Crippen LogP contribution in [0.3, 0.4) is 0 Å².